The fraction of sp³-hybridized carbons (Fsp3) is 0.875. The lowest BCUT2D eigenvalue weighted by atomic mass is 9.42. The number of carbonyl (C=O) groups is 2. The van der Waals surface area contributed by atoms with Gasteiger partial charge >= 0.3 is 5.97 Å². The first kappa shape index (κ1) is 31.9. The minimum absolute atomic E-state index is 0.0149. The predicted molar refractivity (Wildman–Crippen MR) is 155 cm³/mol. The highest BCUT2D eigenvalue weighted by Crippen LogP contribution is 2.70. The van der Waals surface area contributed by atoms with E-state index in [4.69, 9.17) is 18.9 Å². The maximum atomic E-state index is 12.4. The Balaban J connectivity index is 1.10. The number of amides is 1. The molecule has 4 fully saturated rings. The number of rotatable bonds is 13. The smallest absolute Gasteiger partial charge is 0.331 e. The first-order valence-electron chi connectivity index (χ1n) is 16.1. The largest absolute Gasteiger partial charge is 0.458 e. The highest BCUT2D eigenvalue weighted by Gasteiger charge is 2.70. The van der Waals surface area contributed by atoms with Gasteiger partial charge in [-0.05, 0) is 93.1 Å². The molecule has 10 heteroatoms. The van der Waals surface area contributed by atoms with Gasteiger partial charge in [-0.15, -0.1) is 0 Å². The number of hydrogen-bond donors (Lipinski definition) is 4. The number of cyclic esters (lactones) is 1. The van der Waals surface area contributed by atoms with Crippen LogP contribution in [-0.4, -0.2) is 99.7 Å². The molecule has 4 N–H and O–H groups in total. The van der Waals surface area contributed by atoms with Crippen LogP contribution in [0.15, 0.2) is 11.6 Å². The Labute approximate surface area is 250 Å². The number of aliphatic hydroxyl groups excluding tert-OH is 1. The highest BCUT2D eigenvalue weighted by atomic mass is 16.5. The van der Waals surface area contributed by atoms with Crippen LogP contribution >= 0.6 is 0 Å². The molecule has 0 spiro atoms. The Morgan fingerprint density at radius 1 is 1.02 bits per heavy atom. The van der Waals surface area contributed by atoms with Gasteiger partial charge in [0.1, 0.15) is 13.2 Å². The number of esters is 1. The molecular formula is C32H52N2O8. The van der Waals surface area contributed by atoms with Crippen LogP contribution in [-0.2, 0) is 28.5 Å². The van der Waals surface area contributed by atoms with Gasteiger partial charge in [-0.2, -0.15) is 0 Å². The van der Waals surface area contributed by atoms with Crippen LogP contribution in [0.25, 0.3) is 0 Å². The zero-order valence-corrected chi connectivity index (χ0v) is 25.7. The third-order valence-electron chi connectivity index (χ3n) is 11.9. The minimum Gasteiger partial charge on any atom is -0.458 e. The van der Waals surface area contributed by atoms with Gasteiger partial charge in [0, 0.05) is 24.6 Å². The van der Waals surface area contributed by atoms with Crippen LogP contribution in [0, 0.1) is 34.5 Å². The second kappa shape index (κ2) is 13.2. The Bertz CT molecular complexity index is 1010. The summed E-state index contributed by atoms with van der Waals surface area (Å²) in [5, 5.41) is 30.0. The molecule has 0 aromatic rings. The summed E-state index contributed by atoms with van der Waals surface area (Å²) >= 11 is 0. The minimum atomic E-state index is -0.963. The van der Waals surface area contributed by atoms with Crippen LogP contribution in [0.5, 0.6) is 0 Å². The van der Waals surface area contributed by atoms with Crippen molar-refractivity contribution in [3.8, 4) is 0 Å². The van der Waals surface area contributed by atoms with E-state index in [2.05, 4.69) is 17.6 Å². The van der Waals surface area contributed by atoms with Crippen molar-refractivity contribution >= 4 is 11.9 Å². The van der Waals surface area contributed by atoms with E-state index in [-0.39, 0.29) is 54.4 Å². The molecule has 0 aromatic carbocycles. The maximum absolute atomic E-state index is 12.4. The SMILES string of the molecule is CNCCOCCOCCNC(=O)COC1CCC2(C)C(CCC3C2CC(O)C2(C)C(C4=CC(=O)OC4)CCC32O)C1. The number of carbonyl (C=O) groups excluding carboxylic acids is 2. The zero-order valence-electron chi connectivity index (χ0n) is 25.7. The average molecular weight is 593 g/mol. The van der Waals surface area contributed by atoms with Gasteiger partial charge in [-0.25, -0.2) is 4.79 Å². The van der Waals surface area contributed by atoms with Gasteiger partial charge < -0.3 is 39.8 Å². The lowest BCUT2D eigenvalue weighted by Crippen LogP contribution is -2.67. The predicted octanol–water partition coefficient (Wildman–Crippen LogP) is 1.97. The van der Waals surface area contributed by atoms with Gasteiger partial charge in [0.15, 0.2) is 0 Å². The molecule has 4 aliphatic carbocycles. The summed E-state index contributed by atoms with van der Waals surface area (Å²) in [4.78, 5) is 24.2. The fourth-order valence-electron chi connectivity index (χ4n) is 9.50. The Morgan fingerprint density at radius 2 is 1.79 bits per heavy atom. The van der Waals surface area contributed by atoms with Crippen LogP contribution in [0.3, 0.4) is 0 Å². The van der Waals surface area contributed by atoms with Crippen molar-refractivity contribution in [3.63, 3.8) is 0 Å². The monoisotopic (exact) mass is 592 g/mol. The van der Waals surface area contributed by atoms with Gasteiger partial charge in [-0.3, -0.25) is 4.79 Å². The summed E-state index contributed by atoms with van der Waals surface area (Å²) < 4.78 is 22.2. The molecule has 1 aliphatic heterocycles. The molecule has 9 unspecified atom stereocenters. The van der Waals surface area contributed by atoms with E-state index in [1.54, 1.807) is 6.08 Å². The van der Waals surface area contributed by atoms with Gasteiger partial charge in [0.2, 0.25) is 5.91 Å². The number of likely N-dealkylation sites (N-methyl/N-ethyl adjacent to an activating group) is 1. The van der Waals surface area contributed by atoms with Crippen molar-refractivity contribution < 1.29 is 38.7 Å². The Morgan fingerprint density at radius 3 is 2.50 bits per heavy atom. The third-order valence-corrected chi connectivity index (χ3v) is 11.9. The van der Waals surface area contributed by atoms with E-state index in [0.29, 0.717) is 51.7 Å². The zero-order chi connectivity index (χ0) is 30.0. The number of nitrogens with one attached hydrogen (secondary N) is 2. The van der Waals surface area contributed by atoms with Crippen molar-refractivity contribution in [2.75, 3.05) is 59.8 Å². The van der Waals surface area contributed by atoms with Crippen molar-refractivity contribution in [1.29, 1.82) is 0 Å². The topological polar surface area (TPSA) is 136 Å². The van der Waals surface area contributed by atoms with Crippen LogP contribution in [0.1, 0.15) is 65.2 Å². The summed E-state index contributed by atoms with van der Waals surface area (Å²) in [7, 11) is 1.88. The third kappa shape index (κ3) is 5.92. The normalized spacial score (nSPS) is 41.0. The molecule has 5 aliphatic rings. The molecule has 10 nitrogen and oxygen atoms in total. The standard InChI is InChI=1S/C32H52N2O8/c1-30-8-6-23(41-20-28(36)34-11-13-40-15-14-39-12-10-33-3)17-22(30)4-5-25-26(30)18-27(35)31(2)24(7-9-32(25,31)38)21-16-29(37)42-19-21/h16,22-27,33,35,38H,4-15,17-20H2,1-3H3,(H,34,36). The molecule has 1 amide bonds. The van der Waals surface area contributed by atoms with Crippen molar-refractivity contribution in [2.45, 2.75) is 83.0 Å². The van der Waals surface area contributed by atoms with Crippen LogP contribution in [0.4, 0.5) is 0 Å². The fourth-order valence-corrected chi connectivity index (χ4v) is 9.50. The van der Waals surface area contributed by atoms with E-state index in [1.165, 1.54) is 0 Å². The molecule has 4 saturated carbocycles. The highest BCUT2D eigenvalue weighted by molar-refractivity contribution is 5.85. The summed E-state index contributed by atoms with van der Waals surface area (Å²) in [6.45, 7) is 8.12. The van der Waals surface area contributed by atoms with E-state index >= 15 is 0 Å². The molecule has 0 aromatic heterocycles. The number of fused-ring (bicyclic) bond motifs is 5. The van der Waals surface area contributed by atoms with Gasteiger partial charge in [0.25, 0.3) is 0 Å². The lowest BCUT2D eigenvalue weighted by molar-refractivity contribution is -0.245. The summed E-state index contributed by atoms with van der Waals surface area (Å²) in [6.07, 6.45) is 7.77. The second-order valence-corrected chi connectivity index (χ2v) is 13.8. The number of ether oxygens (including phenoxy) is 4. The molecule has 0 radical (unpaired) electrons. The summed E-state index contributed by atoms with van der Waals surface area (Å²) in [5.74, 6) is 0.309. The van der Waals surface area contributed by atoms with Crippen molar-refractivity contribution in [3.05, 3.63) is 11.6 Å². The first-order valence-corrected chi connectivity index (χ1v) is 16.1. The Hall–Kier alpha value is -1.56. The summed E-state index contributed by atoms with van der Waals surface area (Å²) in [6, 6.07) is 0. The van der Waals surface area contributed by atoms with E-state index < -0.39 is 17.1 Å². The molecular weight excluding hydrogens is 540 g/mol. The number of aliphatic hydroxyl groups is 2. The lowest BCUT2D eigenvalue weighted by Gasteiger charge is -2.65. The van der Waals surface area contributed by atoms with E-state index in [9.17, 15) is 19.8 Å². The molecule has 0 saturated heterocycles. The molecule has 1 heterocycles. The van der Waals surface area contributed by atoms with Crippen LogP contribution < -0.4 is 10.6 Å². The molecule has 42 heavy (non-hydrogen) atoms. The van der Waals surface area contributed by atoms with Gasteiger partial charge in [0.05, 0.1) is 44.2 Å². The Kier molecular flexibility index (Phi) is 10.0. The van der Waals surface area contributed by atoms with Crippen LogP contribution in [0.2, 0.25) is 0 Å². The maximum Gasteiger partial charge on any atom is 0.331 e. The molecule has 0 bridgehead atoms. The first-order chi connectivity index (χ1) is 20.1. The van der Waals surface area contributed by atoms with Gasteiger partial charge in [-0.1, -0.05) is 13.8 Å². The summed E-state index contributed by atoms with van der Waals surface area (Å²) in [5.41, 5.74) is -0.706. The quantitative estimate of drug-likeness (QED) is 0.187. The number of hydrogen-bond acceptors (Lipinski definition) is 9. The second-order valence-electron chi connectivity index (χ2n) is 13.8. The van der Waals surface area contributed by atoms with Crippen molar-refractivity contribution in [2.24, 2.45) is 34.5 Å². The average Bonchev–Trinajstić information content (AvgIpc) is 3.52. The molecule has 9 atom stereocenters. The van der Waals surface area contributed by atoms with Crippen molar-refractivity contribution in [1.82, 2.24) is 10.6 Å². The van der Waals surface area contributed by atoms with E-state index in [0.717, 1.165) is 50.6 Å². The molecule has 5 rings (SSSR count). The molecule has 238 valence electrons. The van der Waals surface area contributed by atoms with E-state index in [1.807, 2.05) is 14.0 Å².